The van der Waals surface area contributed by atoms with Crippen LogP contribution in [0.2, 0.25) is 0 Å². The van der Waals surface area contributed by atoms with Crippen molar-refractivity contribution in [2.24, 2.45) is 0 Å². The fourth-order valence-electron chi connectivity index (χ4n) is 0.485. The quantitative estimate of drug-likeness (QED) is 0.412. The van der Waals surface area contributed by atoms with Crippen LogP contribution in [0.5, 0.6) is 0 Å². The van der Waals surface area contributed by atoms with E-state index in [1.807, 2.05) is 0 Å². The minimum atomic E-state index is -3.78. The molecule has 0 rings (SSSR count). The van der Waals surface area contributed by atoms with Crippen molar-refractivity contribution in [1.29, 1.82) is 0 Å². The van der Waals surface area contributed by atoms with Crippen molar-refractivity contribution < 1.29 is 24.2 Å². The van der Waals surface area contributed by atoms with Crippen LogP contribution in [0, 0.1) is 0 Å². The Morgan fingerprint density at radius 2 is 2.25 bits per heavy atom. The summed E-state index contributed by atoms with van der Waals surface area (Å²) in [5.74, 6) is 0. The van der Waals surface area contributed by atoms with E-state index in [1.54, 1.807) is 6.92 Å². The van der Waals surface area contributed by atoms with Crippen molar-refractivity contribution in [3.8, 4) is 0 Å². The number of hydrogen-bond acceptors (Lipinski definition) is 4. The second kappa shape index (κ2) is 5.64. The largest absolute Gasteiger partial charge is 0.403 e. The maximum absolute atomic E-state index is 10.9. The molecular weight excluding hydrogens is 185 g/mol. The van der Waals surface area contributed by atoms with Gasteiger partial charge in [-0.25, -0.2) is 9.65 Å². The summed E-state index contributed by atoms with van der Waals surface area (Å²) in [4.78, 5) is 8.89. The lowest BCUT2D eigenvalue weighted by Crippen LogP contribution is -2.21. The van der Waals surface area contributed by atoms with Crippen molar-refractivity contribution in [1.82, 2.24) is 5.09 Å². The Morgan fingerprint density at radius 3 is 2.67 bits per heavy atom. The maximum Gasteiger partial charge on any atom is 0.403 e. The Morgan fingerprint density at radius 1 is 1.67 bits per heavy atom. The van der Waals surface area contributed by atoms with Crippen LogP contribution in [0.15, 0.2) is 0 Å². The first kappa shape index (κ1) is 12.0. The lowest BCUT2D eigenvalue weighted by atomic mass is 10.4. The maximum atomic E-state index is 10.9. The molecule has 0 fully saturated rings. The highest BCUT2D eigenvalue weighted by molar-refractivity contribution is 7.50. The predicted octanol–water partition coefficient (Wildman–Crippen LogP) is -0.934. The molecule has 12 heavy (non-hydrogen) atoms. The van der Waals surface area contributed by atoms with E-state index in [0.29, 0.717) is 6.54 Å². The number of nitrogens with one attached hydrogen (secondary N) is 1. The van der Waals surface area contributed by atoms with E-state index >= 15 is 0 Å². The lowest BCUT2D eigenvalue weighted by molar-refractivity contribution is 0.0486. The number of aliphatic hydroxyl groups is 2. The standard InChI is InChI=1S/C5H14NO5P/c1-2-6-12(9,10)11-4-5(8)3-7/h5,7-8H,2-4H2,1H3,(H2,6,9,10)/t5-/m1/s1. The molecule has 7 heteroatoms. The molecule has 0 aliphatic carbocycles. The van der Waals surface area contributed by atoms with Gasteiger partial charge >= 0.3 is 7.75 Å². The average Bonchev–Trinajstić information content (AvgIpc) is 2.00. The van der Waals surface area contributed by atoms with Crippen molar-refractivity contribution in [2.75, 3.05) is 19.8 Å². The minimum Gasteiger partial charge on any atom is -0.394 e. The van der Waals surface area contributed by atoms with Gasteiger partial charge in [0.05, 0.1) is 13.2 Å². The van der Waals surface area contributed by atoms with Crippen LogP contribution in [0.4, 0.5) is 0 Å². The van der Waals surface area contributed by atoms with E-state index in [-0.39, 0.29) is 6.61 Å². The predicted molar refractivity (Wildman–Crippen MR) is 42.5 cm³/mol. The third-order valence-corrected chi connectivity index (χ3v) is 2.23. The van der Waals surface area contributed by atoms with Gasteiger partial charge in [-0.1, -0.05) is 6.92 Å². The van der Waals surface area contributed by atoms with Gasteiger partial charge in [-0.05, 0) is 0 Å². The normalized spacial score (nSPS) is 18.7. The van der Waals surface area contributed by atoms with Gasteiger partial charge in [0.15, 0.2) is 0 Å². The van der Waals surface area contributed by atoms with Crippen LogP contribution >= 0.6 is 7.75 Å². The smallest absolute Gasteiger partial charge is 0.394 e. The van der Waals surface area contributed by atoms with Gasteiger partial charge in [0, 0.05) is 6.54 Å². The summed E-state index contributed by atoms with van der Waals surface area (Å²) in [7, 11) is -3.78. The molecule has 0 aliphatic heterocycles. The summed E-state index contributed by atoms with van der Waals surface area (Å²) < 4.78 is 15.3. The molecule has 0 heterocycles. The van der Waals surface area contributed by atoms with E-state index in [9.17, 15) is 4.57 Å². The molecule has 4 N–H and O–H groups in total. The summed E-state index contributed by atoms with van der Waals surface area (Å²) in [5, 5.41) is 19.3. The molecule has 0 amide bonds. The van der Waals surface area contributed by atoms with Gasteiger partial charge in [-0.3, -0.25) is 4.52 Å². The molecule has 0 aliphatic rings. The Labute approximate surface area is 70.8 Å². The van der Waals surface area contributed by atoms with Gasteiger partial charge in [0.2, 0.25) is 0 Å². The summed E-state index contributed by atoms with van der Waals surface area (Å²) in [6.07, 6.45) is -1.12. The molecule has 0 spiro atoms. The van der Waals surface area contributed by atoms with Crippen LogP contribution in [-0.4, -0.2) is 41.0 Å². The topological polar surface area (TPSA) is 99.0 Å². The van der Waals surface area contributed by atoms with Crippen LogP contribution < -0.4 is 5.09 Å². The van der Waals surface area contributed by atoms with Gasteiger partial charge in [0.25, 0.3) is 0 Å². The average molecular weight is 199 g/mol. The second-order valence-corrected chi connectivity index (χ2v) is 3.78. The summed E-state index contributed by atoms with van der Waals surface area (Å²) in [6.45, 7) is 1.08. The van der Waals surface area contributed by atoms with E-state index in [2.05, 4.69) is 9.61 Å². The zero-order valence-corrected chi connectivity index (χ0v) is 7.70. The van der Waals surface area contributed by atoms with E-state index in [1.165, 1.54) is 0 Å². The Kier molecular flexibility index (Phi) is 5.65. The fraction of sp³-hybridized carbons (Fsp3) is 1.00. The van der Waals surface area contributed by atoms with Crippen molar-refractivity contribution >= 4 is 7.75 Å². The Hall–Kier alpha value is 0.0300. The molecule has 1 unspecified atom stereocenters. The summed E-state index contributed by atoms with van der Waals surface area (Å²) in [6, 6.07) is 0. The molecule has 0 saturated heterocycles. The SMILES string of the molecule is CCNP(=O)(O)OC[C@H](O)CO. The van der Waals surface area contributed by atoms with Crippen molar-refractivity contribution in [2.45, 2.75) is 13.0 Å². The number of hydrogen-bond donors (Lipinski definition) is 4. The lowest BCUT2D eigenvalue weighted by Gasteiger charge is -2.13. The minimum absolute atomic E-state index is 0.295. The van der Waals surface area contributed by atoms with Crippen LogP contribution in [-0.2, 0) is 9.09 Å². The second-order valence-electron chi connectivity index (χ2n) is 2.16. The monoisotopic (exact) mass is 199 g/mol. The van der Waals surface area contributed by atoms with Gasteiger partial charge < -0.3 is 15.1 Å². The molecule has 6 nitrogen and oxygen atoms in total. The molecule has 0 aromatic heterocycles. The van der Waals surface area contributed by atoms with Gasteiger partial charge in [0.1, 0.15) is 6.10 Å². The van der Waals surface area contributed by atoms with Crippen molar-refractivity contribution in [3.63, 3.8) is 0 Å². The van der Waals surface area contributed by atoms with Gasteiger partial charge in [-0.2, -0.15) is 0 Å². The highest BCUT2D eigenvalue weighted by Gasteiger charge is 2.18. The summed E-state index contributed by atoms with van der Waals surface area (Å²) in [5.41, 5.74) is 0. The van der Waals surface area contributed by atoms with Crippen LogP contribution in [0.25, 0.3) is 0 Å². The number of rotatable bonds is 6. The molecule has 2 atom stereocenters. The van der Waals surface area contributed by atoms with E-state index < -0.39 is 20.5 Å². The zero-order chi connectivity index (χ0) is 9.61. The third kappa shape index (κ3) is 5.65. The molecule has 0 aromatic rings. The molecule has 74 valence electrons. The first-order chi connectivity index (χ1) is 5.52. The van der Waals surface area contributed by atoms with E-state index in [4.69, 9.17) is 15.1 Å². The summed E-state index contributed by atoms with van der Waals surface area (Å²) >= 11 is 0. The van der Waals surface area contributed by atoms with E-state index in [0.717, 1.165) is 0 Å². The molecular formula is C5H14NO5P. The van der Waals surface area contributed by atoms with Crippen molar-refractivity contribution in [3.05, 3.63) is 0 Å². The molecule has 0 aromatic carbocycles. The first-order valence-corrected chi connectivity index (χ1v) is 5.11. The zero-order valence-electron chi connectivity index (χ0n) is 6.80. The highest BCUT2D eigenvalue weighted by atomic mass is 31.2. The molecule has 0 saturated carbocycles. The highest BCUT2D eigenvalue weighted by Crippen LogP contribution is 2.36. The molecule has 0 bridgehead atoms. The number of aliphatic hydroxyl groups excluding tert-OH is 2. The van der Waals surface area contributed by atoms with Crippen LogP contribution in [0.3, 0.4) is 0 Å². The Balaban J connectivity index is 3.67. The molecule has 0 radical (unpaired) electrons. The first-order valence-electron chi connectivity index (χ1n) is 3.53. The van der Waals surface area contributed by atoms with Crippen LogP contribution in [0.1, 0.15) is 6.92 Å². The van der Waals surface area contributed by atoms with Gasteiger partial charge in [-0.15, -0.1) is 0 Å². The fourth-order valence-corrected chi connectivity index (χ4v) is 1.35. The third-order valence-electron chi connectivity index (χ3n) is 1.01. The Bertz CT molecular complexity index is 164.